The number of fused-ring (bicyclic) bond motifs is 3. The van der Waals surface area contributed by atoms with Crippen LogP contribution in [-0.2, 0) is 42.9 Å². The van der Waals surface area contributed by atoms with Crippen molar-refractivity contribution in [2.24, 2.45) is 29.6 Å². The number of carbonyl (C=O) groups excluding carboxylic acids is 4. The van der Waals surface area contributed by atoms with Gasteiger partial charge in [0.05, 0.1) is 24.4 Å². The first-order valence-corrected chi connectivity index (χ1v) is 23.4. The molecule has 1 aromatic rings. The Morgan fingerprint density at radius 1 is 0.906 bits per heavy atom. The van der Waals surface area contributed by atoms with Crippen LogP contribution >= 0.6 is 0 Å². The molecule has 0 spiro atoms. The van der Waals surface area contributed by atoms with Gasteiger partial charge in [-0.15, -0.1) is 0 Å². The number of hydrogen-bond donors (Lipinski definition) is 2. The van der Waals surface area contributed by atoms with Crippen molar-refractivity contribution in [1.29, 1.82) is 0 Å². The van der Waals surface area contributed by atoms with Gasteiger partial charge in [0.2, 0.25) is 5.79 Å². The summed E-state index contributed by atoms with van der Waals surface area (Å²) in [5.41, 5.74) is 2.12. The molecule has 4 aliphatic rings. The lowest BCUT2D eigenvalue weighted by atomic mass is 9.81. The molecule has 14 heteroatoms. The maximum Gasteiger partial charge on any atom is 0.329 e. The van der Waals surface area contributed by atoms with Crippen LogP contribution in [0.25, 0.3) is 0 Å². The summed E-state index contributed by atoms with van der Waals surface area (Å²) < 4.78 is 52.7. The van der Waals surface area contributed by atoms with Gasteiger partial charge in [-0.25, -0.2) is 9.18 Å². The molecule has 2 bridgehead atoms. The number of aliphatic hydroxyl groups is 2. The number of rotatable bonds is 8. The van der Waals surface area contributed by atoms with Crippen LogP contribution in [0.2, 0.25) is 0 Å². The molecule has 1 amide bonds. The third-order valence-corrected chi connectivity index (χ3v) is 14.4. The molecule has 3 aliphatic heterocycles. The highest BCUT2D eigenvalue weighted by Gasteiger charge is 2.57. The average molecular weight is 900 g/mol. The molecule has 3 heterocycles. The number of esters is 1. The molecule has 64 heavy (non-hydrogen) atoms. The smallest absolute Gasteiger partial charge is 0.329 e. The van der Waals surface area contributed by atoms with Gasteiger partial charge < -0.3 is 43.5 Å². The van der Waals surface area contributed by atoms with Gasteiger partial charge in [0, 0.05) is 52.0 Å². The monoisotopic (exact) mass is 900 g/mol. The fraction of sp³-hybridized carbons (Fsp3) is 0.720. The van der Waals surface area contributed by atoms with E-state index >= 15 is 4.39 Å². The number of piperidine rings is 1. The summed E-state index contributed by atoms with van der Waals surface area (Å²) >= 11 is 0. The fourth-order valence-corrected chi connectivity index (χ4v) is 10.2. The molecular weight excluding hydrogens is 826 g/mol. The standard InChI is InChI=1S/C50H74FNO12/c1-11-35-23-29(3)44(51)30(4)24-42(60-9)46-43(61-10)25-32(6)50(58,64-46)47(55)48(56)52-21-13-12-14-37(52)49(57)63-45(33(7)38(53)27-39(35)54)31(5)22-34-17-20-40(41(26-34)59-8)62-36-18-15-28(2)16-19-36/h15-16,18-19,22-23,30,32-35,37-38,40-46,53,58H,11-14,17,20-21,24-27H2,1-10H3. The molecule has 1 aliphatic carbocycles. The van der Waals surface area contributed by atoms with E-state index in [1.807, 2.05) is 51.1 Å². The van der Waals surface area contributed by atoms with Gasteiger partial charge in [-0.3, -0.25) is 14.4 Å². The second-order valence-electron chi connectivity index (χ2n) is 19.0. The Morgan fingerprint density at radius 2 is 1.56 bits per heavy atom. The van der Waals surface area contributed by atoms with Crippen molar-refractivity contribution < 1.29 is 62.2 Å². The van der Waals surface area contributed by atoms with Gasteiger partial charge in [0.15, 0.2) is 0 Å². The van der Waals surface area contributed by atoms with Crippen molar-refractivity contribution in [3.63, 3.8) is 0 Å². The molecular formula is C50H74FNO12. The highest BCUT2D eigenvalue weighted by Crippen LogP contribution is 2.40. The number of halogens is 1. The van der Waals surface area contributed by atoms with E-state index in [4.69, 9.17) is 28.4 Å². The van der Waals surface area contributed by atoms with Gasteiger partial charge in [-0.2, -0.15) is 0 Å². The molecule has 3 fully saturated rings. The average Bonchev–Trinajstić information content (AvgIpc) is 3.29. The van der Waals surface area contributed by atoms with Crippen LogP contribution < -0.4 is 4.74 Å². The quantitative estimate of drug-likeness (QED) is 0.159. The van der Waals surface area contributed by atoms with E-state index < -0.39 is 89.9 Å². The number of carbonyl (C=O) groups is 4. The Bertz CT molecular complexity index is 1820. The maximum absolute atomic E-state index is 16.3. The number of hydrogen-bond acceptors (Lipinski definition) is 12. The largest absolute Gasteiger partial charge is 0.488 e. The van der Waals surface area contributed by atoms with Gasteiger partial charge in [0.1, 0.15) is 42.1 Å². The molecule has 1 saturated carbocycles. The lowest BCUT2D eigenvalue weighted by molar-refractivity contribution is -0.302. The fourth-order valence-electron chi connectivity index (χ4n) is 10.2. The number of benzene rings is 1. The highest BCUT2D eigenvalue weighted by atomic mass is 19.1. The number of methoxy groups -OCH3 is 3. The minimum absolute atomic E-state index is 0.00546. The molecule has 1 aromatic carbocycles. The molecule has 2 saturated heterocycles. The summed E-state index contributed by atoms with van der Waals surface area (Å²) in [5, 5.41) is 23.9. The Hall–Kier alpha value is -3.53. The third kappa shape index (κ3) is 11.9. The Balaban J connectivity index is 1.50. The molecule has 0 aromatic heterocycles. The Labute approximate surface area is 379 Å². The van der Waals surface area contributed by atoms with E-state index in [2.05, 4.69) is 0 Å². The SMILES string of the molecule is CCC1C=C(C)C(F)C(C)CC(OC)C2OC(O)(C(=O)C(=O)N3CCCCC3C(=O)OC(C(C)=CC3CCC(Oc4ccc(C)cc4)C(OC)C3)C(C)C(O)CC1=O)C(C)CC2OC. The van der Waals surface area contributed by atoms with Crippen LogP contribution in [0.15, 0.2) is 47.6 Å². The normalized spacial score (nSPS) is 38.1. The number of nitrogens with zero attached hydrogens (tertiary/aromatic N) is 1. The van der Waals surface area contributed by atoms with Crippen molar-refractivity contribution in [3.8, 4) is 5.75 Å². The minimum Gasteiger partial charge on any atom is -0.488 e. The lowest BCUT2D eigenvalue weighted by Crippen LogP contribution is -2.64. The maximum atomic E-state index is 16.3. The van der Waals surface area contributed by atoms with Crippen LogP contribution in [0.1, 0.15) is 111 Å². The highest BCUT2D eigenvalue weighted by molar-refractivity contribution is 6.39. The van der Waals surface area contributed by atoms with Crippen LogP contribution in [0.3, 0.4) is 0 Å². The van der Waals surface area contributed by atoms with Crippen LogP contribution in [0.4, 0.5) is 4.39 Å². The van der Waals surface area contributed by atoms with E-state index in [9.17, 15) is 29.4 Å². The van der Waals surface area contributed by atoms with Crippen LogP contribution in [0.5, 0.6) is 5.75 Å². The molecule has 358 valence electrons. The third-order valence-electron chi connectivity index (χ3n) is 14.4. The summed E-state index contributed by atoms with van der Waals surface area (Å²) in [6.45, 7) is 12.4. The van der Waals surface area contributed by atoms with Crippen molar-refractivity contribution in [2.75, 3.05) is 27.9 Å². The van der Waals surface area contributed by atoms with Crippen molar-refractivity contribution in [3.05, 3.63) is 53.1 Å². The Morgan fingerprint density at radius 3 is 2.20 bits per heavy atom. The van der Waals surface area contributed by atoms with Gasteiger partial charge in [-0.05, 0) is 114 Å². The van der Waals surface area contributed by atoms with Crippen LogP contribution in [0, 0.1) is 36.5 Å². The number of alkyl halides is 1. The van der Waals surface area contributed by atoms with Crippen LogP contribution in [-0.4, -0.2) is 127 Å². The number of allylic oxidation sites excluding steroid dienone is 3. The van der Waals surface area contributed by atoms with Gasteiger partial charge in [0.25, 0.3) is 11.7 Å². The summed E-state index contributed by atoms with van der Waals surface area (Å²) in [6.07, 6.45) is 0.486. The zero-order valence-corrected chi connectivity index (χ0v) is 39.6. The number of Topliss-reactive ketones (excluding diaryl/α,β-unsaturated/α-hetero) is 2. The molecule has 2 N–H and O–H groups in total. The molecule has 15 unspecified atom stereocenters. The van der Waals surface area contributed by atoms with E-state index in [-0.39, 0.29) is 56.1 Å². The minimum atomic E-state index is -2.61. The number of aryl methyl sites for hydroxylation is 1. The van der Waals surface area contributed by atoms with Gasteiger partial charge >= 0.3 is 5.97 Å². The second-order valence-corrected chi connectivity index (χ2v) is 19.0. The number of amides is 1. The molecule has 0 radical (unpaired) electrons. The number of aliphatic hydroxyl groups excluding tert-OH is 1. The second kappa shape index (κ2) is 22.8. The van der Waals surface area contributed by atoms with Crippen molar-refractivity contribution in [2.45, 2.75) is 173 Å². The van der Waals surface area contributed by atoms with E-state index in [1.54, 1.807) is 40.9 Å². The summed E-state index contributed by atoms with van der Waals surface area (Å²) in [4.78, 5) is 58.2. The lowest BCUT2D eigenvalue weighted by Gasteiger charge is -2.47. The molecule has 13 nitrogen and oxygen atoms in total. The number of ketones is 2. The predicted octanol–water partition coefficient (Wildman–Crippen LogP) is 6.82. The first kappa shape index (κ1) is 51.5. The van der Waals surface area contributed by atoms with Crippen molar-refractivity contribution >= 4 is 23.4 Å². The van der Waals surface area contributed by atoms with E-state index in [1.165, 1.54) is 14.2 Å². The zero-order chi connectivity index (χ0) is 47.0. The first-order valence-electron chi connectivity index (χ1n) is 23.4. The van der Waals surface area contributed by atoms with Gasteiger partial charge in [-0.1, -0.05) is 57.5 Å². The first-order chi connectivity index (χ1) is 30.4. The predicted molar refractivity (Wildman–Crippen MR) is 238 cm³/mol. The summed E-state index contributed by atoms with van der Waals surface area (Å²) in [7, 11) is 4.55. The number of ether oxygens (including phenoxy) is 6. The van der Waals surface area contributed by atoms with Crippen molar-refractivity contribution in [1.82, 2.24) is 4.90 Å². The number of cyclic esters (lactones) is 1. The summed E-state index contributed by atoms with van der Waals surface area (Å²) in [5.74, 6) is -8.27. The summed E-state index contributed by atoms with van der Waals surface area (Å²) in [6, 6.07) is 6.71. The Kier molecular flexibility index (Phi) is 18.3. The molecule has 15 atom stereocenters. The molecule has 5 rings (SSSR count). The van der Waals surface area contributed by atoms with E-state index in [0.29, 0.717) is 43.3 Å². The topological polar surface area (TPSA) is 167 Å². The van der Waals surface area contributed by atoms with E-state index in [0.717, 1.165) is 22.6 Å². The zero-order valence-electron chi connectivity index (χ0n) is 39.6.